The lowest BCUT2D eigenvalue weighted by atomic mass is 9.98. The van der Waals surface area contributed by atoms with Gasteiger partial charge in [-0.05, 0) is 43.9 Å². The van der Waals surface area contributed by atoms with E-state index in [0.29, 0.717) is 5.56 Å². The lowest BCUT2D eigenvalue weighted by molar-refractivity contribution is 0.0211. The Labute approximate surface area is 95.0 Å². The van der Waals surface area contributed by atoms with Crippen molar-refractivity contribution in [3.8, 4) is 5.75 Å². The van der Waals surface area contributed by atoms with Crippen molar-refractivity contribution in [2.24, 2.45) is 0 Å². The van der Waals surface area contributed by atoms with Crippen molar-refractivity contribution in [3.05, 3.63) is 29.8 Å². The number of benzene rings is 1. The molecule has 0 heterocycles. The second-order valence-corrected chi connectivity index (χ2v) is 4.22. The quantitative estimate of drug-likeness (QED) is 0.779. The number of hydrogen-bond acceptors (Lipinski definition) is 3. The minimum absolute atomic E-state index is 0.0589. The van der Waals surface area contributed by atoms with Crippen LogP contribution in [0.3, 0.4) is 0 Å². The van der Waals surface area contributed by atoms with Crippen molar-refractivity contribution in [1.82, 2.24) is 0 Å². The lowest BCUT2D eigenvalue weighted by Crippen LogP contribution is -2.20. The van der Waals surface area contributed by atoms with Gasteiger partial charge in [0.05, 0.1) is 5.56 Å². The van der Waals surface area contributed by atoms with Gasteiger partial charge in [-0.15, -0.1) is 0 Å². The predicted molar refractivity (Wildman–Crippen MR) is 60.4 cm³/mol. The fraction of sp³-hybridized carbons (Fsp3) is 0.462. The van der Waals surface area contributed by atoms with E-state index in [-0.39, 0.29) is 17.8 Å². The number of carbonyl (C=O) groups excluding carboxylic acids is 1. The van der Waals surface area contributed by atoms with Crippen LogP contribution in [0.15, 0.2) is 24.3 Å². The molecule has 16 heavy (non-hydrogen) atoms. The SMILES string of the molecule is O=C(OC1CCCCC1)c1cccc(O)c1. The van der Waals surface area contributed by atoms with Crippen molar-refractivity contribution < 1.29 is 14.6 Å². The zero-order valence-electron chi connectivity index (χ0n) is 9.19. The van der Waals surface area contributed by atoms with Gasteiger partial charge < -0.3 is 9.84 Å². The molecular weight excluding hydrogens is 204 g/mol. The first-order chi connectivity index (χ1) is 7.75. The van der Waals surface area contributed by atoms with E-state index in [1.807, 2.05) is 0 Å². The zero-order chi connectivity index (χ0) is 11.4. The molecule has 0 unspecified atom stereocenters. The van der Waals surface area contributed by atoms with Gasteiger partial charge >= 0.3 is 5.97 Å². The lowest BCUT2D eigenvalue weighted by Gasteiger charge is -2.21. The summed E-state index contributed by atoms with van der Waals surface area (Å²) in [5, 5.41) is 9.26. The van der Waals surface area contributed by atoms with E-state index < -0.39 is 0 Å². The van der Waals surface area contributed by atoms with Gasteiger partial charge in [0.15, 0.2) is 0 Å². The van der Waals surface area contributed by atoms with Crippen LogP contribution in [-0.4, -0.2) is 17.2 Å². The molecule has 0 spiro atoms. The average Bonchev–Trinajstić information content (AvgIpc) is 2.30. The molecule has 2 rings (SSSR count). The third-order valence-electron chi connectivity index (χ3n) is 2.91. The predicted octanol–water partition coefficient (Wildman–Crippen LogP) is 2.88. The van der Waals surface area contributed by atoms with E-state index in [2.05, 4.69) is 0 Å². The molecule has 1 aromatic carbocycles. The van der Waals surface area contributed by atoms with E-state index in [1.165, 1.54) is 18.6 Å². The normalized spacial score (nSPS) is 17.0. The van der Waals surface area contributed by atoms with E-state index in [4.69, 9.17) is 4.74 Å². The molecule has 1 saturated carbocycles. The molecule has 1 N–H and O–H groups in total. The summed E-state index contributed by atoms with van der Waals surface area (Å²) in [6.07, 6.45) is 5.49. The molecule has 1 aromatic rings. The number of hydrogen-bond donors (Lipinski definition) is 1. The summed E-state index contributed by atoms with van der Waals surface area (Å²) in [7, 11) is 0. The van der Waals surface area contributed by atoms with Gasteiger partial charge in [-0.25, -0.2) is 4.79 Å². The maximum atomic E-state index is 11.7. The molecule has 0 atom stereocenters. The second-order valence-electron chi connectivity index (χ2n) is 4.22. The minimum atomic E-state index is -0.331. The number of aromatic hydroxyl groups is 1. The highest BCUT2D eigenvalue weighted by Gasteiger charge is 2.18. The van der Waals surface area contributed by atoms with Crippen molar-refractivity contribution in [3.63, 3.8) is 0 Å². The Balaban J connectivity index is 1.97. The summed E-state index contributed by atoms with van der Waals surface area (Å²) < 4.78 is 5.38. The summed E-state index contributed by atoms with van der Waals surface area (Å²) in [6.45, 7) is 0. The van der Waals surface area contributed by atoms with Crippen molar-refractivity contribution >= 4 is 5.97 Å². The van der Waals surface area contributed by atoms with E-state index in [1.54, 1.807) is 12.1 Å². The third kappa shape index (κ3) is 2.75. The first-order valence-electron chi connectivity index (χ1n) is 5.76. The average molecular weight is 220 g/mol. The van der Waals surface area contributed by atoms with E-state index in [0.717, 1.165) is 25.7 Å². The number of ether oxygens (including phenoxy) is 1. The van der Waals surface area contributed by atoms with E-state index in [9.17, 15) is 9.90 Å². The highest BCUT2D eigenvalue weighted by molar-refractivity contribution is 5.89. The highest BCUT2D eigenvalue weighted by atomic mass is 16.5. The number of rotatable bonds is 2. The Morgan fingerprint density at radius 3 is 2.69 bits per heavy atom. The van der Waals surface area contributed by atoms with E-state index >= 15 is 0 Å². The Bertz CT molecular complexity index is 367. The Hall–Kier alpha value is -1.51. The Morgan fingerprint density at radius 1 is 1.25 bits per heavy atom. The van der Waals surface area contributed by atoms with Crippen LogP contribution < -0.4 is 0 Å². The molecule has 3 nitrogen and oxygen atoms in total. The number of phenolic OH excluding ortho intramolecular Hbond substituents is 1. The molecule has 1 aliphatic carbocycles. The molecule has 86 valence electrons. The first-order valence-corrected chi connectivity index (χ1v) is 5.76. The minimum Gasteiger partial charge on any atom is -0.508 e. The van der Waals surface area contributed by atoms with Crippen LogP contribution in [-0.2, 0) is 4.74 Å². The van der Waals surface area contributed by atoms with Gasteiger partial charge in [0, 0.05) is 0 Å². The second kappa shape index (κ2) is 5.01. The van der Waals surface area contributed by atoms with Crippen LogP contribution in [0, 0.1) is 0 Å². The number of phenols is 1. The first kappa shape index (κ1) is 11.0. The summed E-state index contributed by atoms with van der Waals surface area (Å²) >= 11 is 0. The molecule has 0 aliphatic heterocycles. The Kier molecular flexibility index (Phi) is 3.44. The summed E-state index contributed by atoms with van der Waals surface area (Å²) in [6, 6.07) is 6.28. The smallest absolute Gasteiger partial charge is 0.338 e. The fourth-order valence-electron chi connectivity index (χ4n) is 2.04. The summed E-state index contributed by atoms with van der Waals surface area (Å²) in [5.74, 6) is -0.235. The van der Waals surface area contributed by atoms with Crippen LogP contribution >= 0.6 is 0 Å². The molecule has 0 radical (unpaired) electrons. The molecular formula is C13H16O3. The topological polar surface area (TPSA) is 46.5 Å². The summed E-state index contributed by atoms with van der Waals surface area (Å²) in [5.41, 5.74) is 0.422. The molecule has 0 amide bonds. The standard InChI is InChI=1S/C13H16O3/c14-11-6-4-5-10(9-11)13(15)16-12-7-2-1-3-8-12/h4-6,9,12,14H,1-3,7-8H2. The van der Waals surface area contributed by atoms with Crippen molar-refractivity contribution in [2.45, 2.75) is 38.2 Å². The summed E-state index contributed by atoms with van der Waals surface area (Å²) in [4.78, 5) is 11.7. The molecule has 0 aromatic heterocycles. The monoisotopic (exact) mass is 220 g/mol. The fourth-order valence-corrected chi connectivity index (χ4v) is 2.04. The molecule has 0 bridgehead atoms. The van der Waals surface area contributed by atoms with Crippen LogP contribution in [0.1, 0.15) is 42.5 Å². The maximum Gasteiger partial charge on any atom is 0.338 e. The van der Waals surface area contributed by atoms with Gasteiger partial charge in [-0.1, -0.05) is 12.5 Å². The van der Waals surface area contributed by atoms with Crippen LogP contribution in [0.2, 0.25) is 0 Å². The van der Waals surface area contributed by atoms with Crippen LogP contribution in [0.5, 0.6) is 5.75 Å². The number of carbonyl (C=O) groups is 1. The largest absolute Gasteiger partial charge is 0.508 e. The van der Waals surface area contributed by atoms with Gasteiger partial charge in [0.25, 0.3) is 0 Å². The molecule has 3 heteroatoms. The van der Waals surface area contributed by atoms with Gasteiger partial charge in [0.2, 0.25) is 0 Å². The van der Waals surface area contributed by atoms with Crippen molar-refractivity contribution in [1.29, 1.82) is 0 Å². The molecule has 0 saturated heterocycles. The molecule has 1 fully saturated rings. The van der Waals surface area contributed by atoms with Gasteiger partial charge in [-0.3, -0.25) is 0 Å². The highest BCUT2D eigenvalue weighted by Crippen LogP contribution is 2.22. The van der Waals surface area contributed by atoms with Crippen LogP contribution in [0.4, 0.5) is 0 Å². The van der Waals surface area contributed by atoms with Crippen LogP contribution in [0.25, 0.3) is 0 Å². The zero-order valence-corrected chi connectivity index (χ0v) is 9.19. The van der Waals surface area contributed by atoms with Gasteiger partial charge in [-0.2, -0.15) is 0 Å². The molecule has 1 aliphatic rings. The third-order valence-corrected chi connectivity index (χ3v) is 2.91. The number of esters is 1. The van der Waals surface area contributed by atoms with Gasteiger partial charge in [0.1, 0.15) is 11.9 Å². The maximum absolute atomic E-state index is 11.7. The van der Waals surface area contributed by atoms with Crippen molar-refractivity contribution in [2.75, 3.05) is 0 Å². The Morgan fingerprint density at radius 2 is 2.00 bits per heavy atom.